The topological polar surface area (TPSA) is 66.7 Å². The summed E-state index contributed by atoms with van der Waals surface area (Å²) in [5.74, 6) is 0.891. The summed E-state index contributed by atoms with van der Waals surface area (Å²) in [7, 11) is 0. The van der Waals surface area contributed by atoms with Crippen LogP contribution in [-0.2, 0) is 4.79 Å². The molecule has 0 aliphatic carbocycles. The molecule has 8 heteroatoms. The van der Waals surface area contributed by atoms with Crippen molar-refractivity contribution in [3.63, 3.8) is 0 Å². The Morgan fingerprint density at radius 1 is 1.08 bits per heavy atom. The zero-order chi connectivity index (χ0) is 17.8. The van der Waals surface area contributed by atoms with Gasteiger partial charge in [0.15, 0.2) is 9.51 Å². The number of amidine groups is 1. The number of hydrogen-bond acceptors (Lipinski definition) is 7. The number of thiazole rings is 1. The van der Waals surface area contributed by atoms with Crippen molar-refractivity contribution in [2.24, 2.45) is 10.2 Å². The van der Waals surface area contributed by atoms with Gasteiger partial charge in [-0.15, -0.1) is 16.4 Å². The SMILES string of the molecule is O=C(CSc1nc2ccccc2s1)NC1=NN=C(c2ccccc2)CS1. The third-order valence-corrected chi connectivity index (χ3v) is 6.62. The molecule has 0 saturated heterocycles. The van der Waals surface area contributed by atoms with Gasteiger partial charge in [0.2, 0.25) is 5.91 Å². The summed E-state index contributed by atoms with van der Waals surface area (Å²) in [6.45, 7) is 0. The Morgan fingerprint density at radius 3 is 2.65 bits per heavy atom. The van der Waals surface area contributed by atoms with Gasteiger partial charge in [0, 0.05) is 5.75 Å². The second-order valence-corrected chi connectivity index (χ2v) is 8.61. The molecule has 0 unspecified atom stereocenters. The fourth-order valence-corrected chi connectivity index (χ4v) is 4.98. The van der Waals surface area contributed by atoms with Crippen LogP contribution in [0, 0.1) is 0 Å². The number of para-hydroxylation sites is 1. The molecule has 0 fully saturated rings. The molecule has 2 aromatic carbocycles. The van der Waals surface area contributed by atoms with Gasteiger partial charge in [-0.25, -0.2) is 4.98 Å². The van der Waals surface area contributed by atoms with Crippen molar-refractivity contribution < 1.29 is 4.79 Å². The number of thioether (sulfide) groups is 2. The molecule has 1 aromatic heterocycles. The molecule has 1 N–H and O–H groups in total. The van der Waals surface area contributed by atoms with Gasteiger partial charge in [-0.1, -0.05) is 66.0 Å². The van der Waals surface area contributed by atoms with Crippen LogP contribution in [0.15, 0.2) is 69.1 Å². The average molecular weight is 399 g/mol. The predicted molar refractivity (Wildman–Crippen MR) is 111 cm³/mol. The molecule has 0 radical (unpaired) electrons. The Hall–Kier alpha value is -2.16. The van der Waals surface area contributed by atoms with E-state index in [4.69, 9.17) is 0 Å². The predicted octanol–water partition coefficient (Wildman–Crippen LogP) is 4.01. The molecule has 0 spiro atoms. The number of nitrogens with one attached hydrogen (secondary N) is 1. The second-order valence-electron chi connectivity index (χ2n) is 5.39. The Morgan fingerprint density at radius 2 is 1.88 bits per heavy atom. The molecule has 26 heavy (non-hydrogen) atoms. The van der Waals surface area contributed by atoms with E-state index in [-0.39, 0.29) is 5.91 Å². The fourth-order valence-electron chi connectivity index (χ4n) is 2.33. The lowest BCUT2D eigenvalue weighted by molar-refractivity contribution is -0.117. The Kier molecular flexibility index (Phi) is 5.33. The van der Waals surface area contributed by atoms with E-state index in [2.05, 4.69) is 20.5 Å². The molecule has 130 valence electrons. The Balaban J connectivity index is 1.33. The van der Waals surface area contributed by atoms with Crippen LogP contribution in [0.5, 0.6) is 0 Å². The molecule has 1 aliphatic heterocycles. The van der Waals surface area contributed by atoms with E-state index in [9.17, 15) is 4.79 Å². The van der Waals surface area contributed by atoms with Crippen LogP contribution >= 0.6 is 34.9 Å². The maximum absolute atomic E-state index is 12.2. The highest BCUT2D eigenvalue weighted by Crippen LogP contribution is 2.29. The van der Waals surface area contributed by atoms with E-state index < -0.39 is 0 Å². The van der Waals surface area contributed by atoms with Gasteiger partial charge in [-0.2, -0.15) is 5.10 Å². The number of fused-ring (bicyclic) bond motifs is 1. The van der Waals surface area contributed by atoms with Crippen LogP contribution in [0.25, 0.3) is 10.2 Å². The molecule has 0 saturated carbocycles. The zero-order valence-corrected chi connectivity index (χ0v) is 16.0. The van der Waals surface area contributed by atoms with E-state index in [1.165, 1.54) is 23.5 Å². The smallest absolute Gasteiger partial charge is 0.236 e. The standard InChI is InChI=1S/C18H14N4OS3/c23-16(11-25-18-19-13-8-4-5-9-15(13)26-18)20-17-22-21-14(10-24-17)12-6-2-1-3-7-12/h1-9H,10-11H2,(H,20,22,23). The van der Waals surface area contributed by atoms with Crippen LogP contribution in [0.2, 0.25) is 0 Å². The molecule has 2 heterocycles. The van der Waals surface area contributed by atoms with Gasteiger partial charge < -0.3 is 5.32 Å². The summed E-state index contributed by atoms with van der Waals surface area (Å²) in [6.07, 6.45) is 0. The van der Waals surface area contributed by atoms with Gasteiger partial charge in [-0.3, -0.25) is 4.79 Å². The van der Waals surface area contributed by atoms with Crippen molar-refractivity contribution in [1.29, 1.82) is 0 Å². The van der Waals surface area contributed by atoms with Gasteiger partial charge >= 0.3 is 0 Å². The average Bonchev–Trinajstić information content (AvgIpc) is 3.11. The lowest BCUT2D eigenvalue weighted by atomic mass is 10.1. The molecule has 1 aliphatic rings. The molecule has 0 atom stereocenters. The fraction of sp³-hybridized carbons (Fsp3) is 0.111. The third kappa shape index (κ3) is 4.14. The molecular weight excluding hydrogens is 384 g/mol. The number of hydrogen-bond donors (Lipinski definition) is 1. The Bertz CT molecular complexity index is 965. The summed E-state index contributed by atoms with van der Waals surface area (Å²) in [5.41, 5.74) is 2.94. The normalized spacial score (nSPS) is 14.0. The summed E-state index contributed by atoms with van der Waals surface area (Å²) >= 11 is 4.52. The lowest BCUT2D eigenvalue weighted by Crippen LogP contribution is -2.31. The number of nitrogens with zero attached hydrogens (tertiary/aromatic N) is 3. The van der Waals surface area contributed by atoms with Crippen molar-refractivity contribution >= 4 is 61.9 Å². The summed E-state index contributed by atoms with van der Waals surface area (Å²) in [5, 5.41) is 11.7. The highest BCUT2D eigenvalue weighted by atomic mass is 32.2. The first-order valence-corrected chi connectivity index (χ1v) is 10.7. The number of carbonyl (C=O) groups excluding carboxylic acids is 1. The number of amides is 1. The zero-order valence-electron chi connectivity index (χ0n) is 13.6. The van der Waals surface area contributed by atoms with E-state index >= 15 is 0 Å². The van der Waals surface area contributed by atoms with Crippen LogP contribution in [0.3, 0.4) is 0 Å². The van der Waals surface area contributed by atoms with E-state index in [1.54, 1.807) is 11.3 Å². The van der Waals surface area contributed by atoms with Gasteiger partial charge in [0.25, 0.3) is 0 Å². The first kappa shape index (κ1) is 17.3. The van der Waals surface area contributed by atoms with Gasteiger partial charge in [0.1, 0.15) is 0 Å². The first-order valence-electron chi connectivity index (χ1n) is 7.89. The molecule has 5 nitrogen and oxygen atoms in total. The number of aromatic nitrogens is 1. The number of rotatable bonds is 4. The third-order valence-electron chi connectivity index (χ3n) is 3.56. The largest absolute Gasteiger partial charge is 0.303 e. The minimum Gasteiger partial charge on any atom is -0.303 e. The van der Waals surface area contributed by atoms with Crippen molar-refractivity contribution in [1.82, 2.24) is 10.3 Å². The Labute approximate surface area is 163 Å². The molecule has 3 aromatic rings. The molecule has 1 amide bonds. The van der Waals surface area contributed by atoms with Crippen LogP contribution < -0.4 is 5.32 Å². The molecular formula is C18H14N4OS3. The van der Waals surface area contributed by atoms with E-state index in [0.717, 1.165) is 25.8 Å². The number of benzene rings is 2. The molecule has 0 bridgehead atoms. The van der Waals surface area contributed by atoms with Gasteiger partial charge in [0.05, 0.1) is 21.7 Å². The van der Waals surface area contributed by atoms with Crippen LogP contribution in [0.4, 0.5) is 0 Å². The van der Waals surface area contributed by atoms with Crippen molar-refractivity contribution in [2.75, 3.05) is 11.5 Å². The maximum atomic E-state index is 12.2. The first-order chi connectivity index (χ1) is 12.8. The minimum atomic E-state index is -0.0983. The second kappa shape index (κ2) is 8.03. The van der Waals surface area contributed by atoms with Gasteiger partial charge in [-0.05, 0) is 17.7 Å². The van der Waals surface area contributed by atoms with E-state index in [1.807, 2.05) is 54.6 Å². The summed E-state index contributed by atoms with van der Waals surface area (Å²) in [4.78, 5) is 16.7. The minimum absolute atomic E-state index is 0.0983. The lowest BCUT2D eigenvalue weighted by Gasteiger charge is -2.12. The highest BCUT2D eigenvalue weighted by molar-refractivity contribution is 8.14. The van der Waals surface area contributed by atoms with Crippen LogP contribution in [-0.4, -0.2) is 33.3 Å². The monoisotopic (exact) mass is 398 g/mol. The van der Waals surface area contributed by atoms with Crippen molar-refractivity contribution in [3.8, 4) is 0 Å². The van der Waals surface area contributed by atoms with Crippen LogP contribution in [0.1, 0.15) is 5.56 Å². The van der Waals surface area contributed by atoms with Crippen molar-refractivity contribution in [2.45, 2.75) is 4.34 Å². The summed E-state index contributed by atoms with van der Waals surface area (Å²) in [6, 6.07) is 17.9. The van der Waals surface area contributed by atoms with E-state index in [0.29, 0.717) is 16.7 Å². The molecule has 4 rings (SSSR count). The summed E-state index contributed by atoms with van der Waals surface area (Å²) < 4.78 is 2.02. The highest BCUT2D eigenvalue weighted by Gasteiger charge is 2.15. The maximum Gasteiger partial charge on any atom is 0.236 e. The van der Waals surface area contributed by atoms with Crippen molar-refractivity contribution in [3.05, 3.63) is 60.2 Å². The quantitative estimate of drug-likeness (QED) is 0.674. The number of carbonyl (C=O) groups is 1.